The van der Waals surface area contributed by atoms with Crippen LogP contribution in [0.3, 0.4) is 0 Å². The molecule has 0 saturated heterocycles. The predicted octanol–water partition coefficient (Wildman–Crippen LogP) is 3.78. The minimum absolute atomic E-state index is 0.965. The maximum absolute atomic E-state index is 4.24. The number of hydrogen-bond acceptors (Lipinski definition) is 3. The third-order valence-electron chi connectivity index (χ3n) is 3.98. The number of aryl methyl sites for hydroxylation is 3. The molecule has 6 heteroatoms. The molecule has 3 N–H and O–H groups in total. The first-order chi connectivity index (χ1) is 11.6. The summed E-state index contributed by atoms with van der Waals surface area (Å²) < 4.78 is 0. The van der Waals surface area contributed by atoms with Crippen LogP contribution in [0.1, 0.15) is 17.1 Å². The summed E-state index contributed by atoms with van der Waals surface area (Å²) in [5.74, 6) is 0. The summed E-state index contributed by atoms with van der Waals surface area (Å²) in [5.41, 5.74) is 9.08. The first-order valence-corrected chi connectivity index (χ1v) is 7.81. The van der Waals surface area contributed by atoms with Crippen molar-refractivity contribution in [2.24, 2.45) is 0 Å². The average Bonchev–Trinajstić information content (AvgIpc) is 3.28. The Balaban J connectivity index is 1.90. The van der Waals surface area contributed by atoms with E-state index >= 15 is 0 Å². The molecule has 0 radical (unpaired) electrons. The molecule has 0 spiro atoms. The van der Waals surface area contributed by atoms with Crippen LogP contribution >= 0.6 is 0 Å². The van der Waals surface area contributed by atoms with Crippen molar-refractivity contribution in [1.29, 1.82) is 0 Å². The highest BCUT2D eigenvalue weighted by atomic mass is 15.1. The number of aromatic amines is 3. The van der Waals surface area contributed by atoms with E-state index in [1.54, 1.807) is 0 Å². The van der Waals surface area contributed by atoms with Crippen LogP contribution in [0.2, 0.25) is 0 Å². The zero-order chi connectivity index (χ0) is 16.7. The first-order valence-electron chi connectivity index (χ1n) is 7.81. The van der Waals surface area contributed by atoms with Crippen LogP contribution in [-0.4, -0.2) is 30.6 Å². The van der Waals surface area contributed by atoms with Gasteiger partial charge in [-0.05, 0) is 57.2 Å². The highest BCUT2D eigenvalue weighted by molar-refractivity contribution is 5.78. The van der Waals surface area contributed by atoms with Crippen molar-refractivity contribution in [3.05, 3.63) is 53.5 Å². The molecule has 0 unspecified atom stereocenters. The first kappa shape index (κ1) is 14.4. The molecule has 0 aliphatic heterocycles. The SMILES string of the molecule is Cc1cc(-c2cc(-c3cc(C)n[nH]3)cc(-c3cc(C)n[nH]3)c2)[nH]n1. The van der Waals surface area contributed by atoms with Gasteiger partial charge in [-0.15, -0.1) is 0 Å². The second kappa shape index (κ2) is 5.49. The molecular formula is C18H18N6. The van der Waals surface area contributed by atoms with Gasteiger partial charge in [-0.25, -0.2) is 0 Å². The second-order valence-electron chi connectivity index (χ2n) is 6.07. The van der Waals surface area contributed by atoms with Crippen LogP contribution in [-0.2, 0) is 0 Å². The summed E-state index contributed by atoms with van der Waals surface area (Å²) >= 11 is 0. The third kappa shape index (κ3) is 2.62. The lowest BCUT2D eigenvalue weighted by atomic mass is 9.99. The molecule has 120 valence electrons. The molecule has 3 heterocycles. The van der Waals surface area contributed by atoms with E-state index in [0.29, 0.717) is 0 Å². The monoisotopic (exact) mass is 318 g/mol. The standard InChI is InChI=1S/C18H18N6/c1-10-4-16(22-19-10)13-7-14(17-5-11(2)20-23-17)9-15(8-13)18-6-12(3)21-24-18/h4-9H,1-3H3,(H,19,22)(H,20,23)(H,21,24). The lowest BCUT2D eigenvalue weighted by Crippen LogP contribution is -1.87. The van der Waals surface area contributed by atoms with Crippen molar-refractivity contribution >= 4 is 0 Å². The van der Waals surface area contributed by atoms with Gasteiger partial charge in [0.1, 0.15) is 0 Å². The van der Waals surface area contributed by atoms with Crippen molar-refractivity contribution in [3.63, 3.8) is 0 Å². The minimum Gasteiger partial charge on any atom is -0.278 e. The van der Waals surface area contributed by atoms with E-state index in [-0.39, 0.29) is 0 Å². The van der Waals surface area contributed by atoms with E-state index in [1.165, 1.54) is 0 Å². The third-order valence-corrected chi connectivity index (χ3v) is 3.98. The molecule has 0 atom stereocenters. The Kier molecular flexibility index (Phi) is 3.30. The lowest BCUT2D eigenvalue weighted by molar-refractivity contribution is 1.05. The number of nitrogens with zero attached hydrogens (tertiary/aromatic N) is 3. The normalized spacial score (nSPS) is 11.1. The van der Waals surface area contributed by atoms with Gasteiger partial charge < -0.3 is 0 Å². The lowest BCUT2D eigenvalue weighted by Gasteiger charge is -2.07. The quantitative estimate of drug-likeness (QED) is 0.537. The van der Waals surface area contributed by atoms with E-state index in [4.69, 9.17) is 0 Å². The zero-order valence-electron chi connectivity index (χ0n) is 13.8. The molecular weight excluding hydrogens is 300 g/mol. The van der Waals surface area contributed by atoms with Gasteiger partial charge in [-0.1, -0.05) is 0 Å². The second-order valence-corrected chi connectivity index (χ2v) is 6.07. The van der Waals surface area contributed by atoms with Gasteiger partial charge in [0, 0.05) is 16.7 Å². The van der Waals surface area contributed by atoms with Gasteiger partial charge in [-0.2, -0.15) is 15.3 Å². The molecule has 0 aliphatic carbocycles. The number of aromatic nitrogens is 6. The van der Waals surface area contributed by atoms with E-state index in [1.807, 2.05) is 39.0 Å². The predicted molar refractivity (Wildman–Crippen MR) is 93.4 cm³/mol. The van der Waals surface area contributed by atoms with E-state index in [9.17, 15) is 0 Å². The largest absolute Gasteiger partial charge is 0.278 e. The molecule has 1 aromatic carbocycles. The summed E-state index contributed by atoms with van der Waals surface area (Å²) in [4.78, 5) is 0. The number of nitrogens with one attached hydrogen (secondary N) is 3. The van der Waals surface area contributed by atoms with Crippen LogP contribution in [0, 0.1) is 20.8 Å². The van der Waals surface area contributed by atoms with Gasteiger partial charge in [-0.3, -0.25) is 15.3 Å². The Morgan fingerprint density at radius 3 is 1.00 bits per heavy atom. The summed E-state index contributed by atoms with van der Waals surface area (Å²) in [7, 11) is 0. The number of rotatable bonds is 3. The van der Waals surface area contributed by atoms with Gasteiger partial charge >= 0.3 is 0 Å². The molecule has 0 bridgehead atoms. The zero-order valence-corrected chi connectivity index (χ0v) is 13.8. The summed E-state index contributed by atoms with van der Waals surface area (Å²) in [6.07, 6.45) is 0. The highest BCUT2D eigenvalue weighted by Crippen LogP contribution is 2.31. The Morgan fingerprint density at radius 1 is 0.500 bits per heavy atom. The van der Waals surface area contributed by atoms with Crippen LogP contribution in [0.5, 0.6) is 0 Å². The number of hydrogen-bond donors (Lipinski definition) is 3. The van der Waals surface area contributed by atoms with Crippen molar-refractivity contribution in [2.45, 2.75) is 20.8 Å². The smallest absolute Gasteiger partial charge is 0.0653 e. The number of H-pyrrole nitrogens is 3. The van der Waals surface area contributed by atoms with Crippen LogP contribution in [0.4, 0.5) is 0 Å². The topological polar surface area (TPSA) is 86.0 Å². The van der Waals surface area contributed by atoms with E-state index < -0.39 is 0 Å². The van der Waals surface area contributed by atoms with Crippen LogP contribution < -0.4 is 0 Å². The Labute approximate surface area is 139 Å². The van der Waals surface area contributed by atoms with Crippen molar-refractivity contribution in [3.8, 4) is 33.8 Å². The summed E-state index contributed by atoms with van der Waals surface area (Å²) in [6.45, 7) is 5.92. The van der Waals surface area contributed by atoms with Crippen molar-refractivity contribution in [1.82, 2.24) is 30.6 Å². The fraction of sp³-hybridized carbons (Fsp3) is 0.167. The summed E-state index contributed by atoms with van der Waals surface area (Å²) in [6, 6.07) is 12.5. The molecule has 0 aliphatic rings. The molecule has 3 aromatic heterocycles. The fourth-order valence-corrected chi connectivity index (χ4v) is 2.80. The van der Waals surface area contributed by atoms with Crippen molar-refractivity contribution < 1.29 is 0 Å². The Morgan fingerprint density at radius 2 is 0.792 bits per heavy atom. The Bertz CT molecular complexity index is 863. The molecule has 0 saturated carbocycles. The molecule has 0 fully saturated rings. The fourth-order valence-electron chi connectivity index (χ4n) is 2.80. The van der Waals surface area contributed by atoms with E-state index in [0.717, 1.165) is 50.9 Å². The van der Waals surface area contributed by atoms with Gasteiger partial charge in [0.05, 0.1) is 34.2 Å². The Hall–Kier alpha value is -3.15. The van der Waals surface area contributed by atoms with Gasteiger partial charge in [0.2, 0.25) is 0 Å². The molecule has 4 rings (SSSR count). The average molecular weight is 318 g/mol. The summed E-state index contributed by atoms with van der Waals surface area (Å²) in [5, 5.41) is 22.0. The van der Waals surface area contributed by atoms with Crippen LogP contribution in [0.15, 0.2) is 36.4 Å². The van der Waals surface area contributed by atoms with E-state index in [2.05, 4.69) is 48.8 Å². The molecule has 4 aromatic rings. The molecule has 6 nitrogen and oxygen atoms in total. The number of benzene rings is 1. The van der Waals surface area contributed by atoms with Gasteiger partial charge in [0.15, 0.2) is 0 Å². The van der Waals surface area contributed by atoms with Crippen molar-refractivity contribution in [2.75, 3.05) is 0 Å². The highest BCUT2D eigenvalue weighted by Gasteiger charge is 2.11. The maximum atomic E-state index is 4.24. The van der Waals surface area contributed by atoms with Crippen LogP contribution in [0.25, 0.3) is 33.8 Å². The minimum atomic E-state index is 0.965. The molecule has 0 amide bonds. The van der Waals surface area contributed by atoms with Gasteiger partial charge in [0.25, 0.3) is 0 Å². The molecule has 24 heavy (non-hydrogen) atoms. The maximum Gasteiger partial charge on any atom is 0.0653 e.